The molecule has 4 atom stereocenters. The first-order chi connectivity index (χ1) is 18.9. The van der Waals surface area contributed by atoms with Crippen LogP contribution in [-0.2, 0) is 25.7 Å². The molecule has 2 saturated heterocycles. The molecule has 1 amide bonds. The molecule has 0 radical (unpaired) electrons. The minimum atomic E-state index is -0.816. The lowest BCUT2D eigenvalue weighted by molar-refractivity contribution is -0.253. The monoisotopic (exact) mass is 540 g/mol. The van der Waals surface area contributed by atoms with Gasteiger partial charge in [-0.3, -0.25) is 14.5 Å². The highest BCUT2D eigenvalue weighted by molar-refractivity contribution is 5.90. The molecule has 0 aromatic heterocycles. The molecule has 2 fully saturated rings. The van der Waals surface area contributed by atoms with Gasteiger partial charge in [0, 0.05) is 43.1 Å². The van der Waals surface area contributed by atoms with E-state index in [9.17, 15) is 19.8 Å². The number of unbranched alkanes of at least 4 members (excludes halogenated alkanes) is 2. The van der Waals surface area contributed by atoms with Crippen molar-refractivity contribution in [3.05, 3.63) is 65.2 Å². The first-order valence-electron chi connectivity index (χ1n) is 13.9. The van der Waals surface area contributed by atoms with Gasteiger partial charge in [-0.05, 0) is 55.5 Å². The van der Waals surface area contributed by atoms with Crippen molar-refractivity contribution in [1.29, 1.82) is 0 Å². The number of nitrogens with zero attached hydrogens (tertiary/aromatic N) is 1. The number of carbonyl (C=O) groups is 2. The van der Waals surface area contributed by atoms with Gasteiger partial charge in [-0.1, -0.05) is 42.8 Å². The van der Waals surface area contributed by atoms with Crippen LogP contribution in [-0.4, -0.2) is 63.9 Å². The largest absolute Gasteiger partial charge is 0.481 e. The summed E-state index contributed by atoms with van der Waals surface area (Å²) in [6.07, 6.45) is 4.11. The Morgan fingerprint density at radius 3 is 2.51 bits per heavy atom. The fraction of sp³-hybridized carbons (Fsp3) is 0.533. The zero-order valence-electron chi connectivity index (χ0n) is 22.3. The summed E-state index contributed by atoms with van der Waals surface area (Å²) in [5.41, 5.74) is 3.31. The zero-order chi connectivity index (χ0) is 27.6. The van der Waals surface area contributed by atoms with Gasteiger partial charge in [0.1, 0.15) is 0 Å². The lowest BCUT2D eigenvalue weighted by Gasteiger charge is -2.38. The second-order valence-electron chi connectivity index (χ2n) is 10.5. The number of ether oxygens (including phenoxy) is 2. The standard InChI is InChI=1S/C30H40N2O7/c33-19-21-11-13-22(14-12-21)27-17-26(18-32-15-5-8-25(32)20-34)38-30(39-27)23-6-4-7-24(16-23)31-28(35)9-2-1-3-10-29(36)37/h4,6-7,11-14,16,25-27,30,33-34H,1-3,5,8-10,15,17-20H2,(H,31,35)(H,36,37)/t25-,26-,27+,30+/m0/s1. The van der Waals surface area contributed by atoms with Gasteiger partial charge in [-0.15, -0.1) is 0 Å². The SMILES string of the molecule is O=C(O)CCCCCC(=O)Nc1cccc([C@@H]2O[C@H](CN3CCC[C@H]3CO)C[C@H](c3ccc(CO)cc3)O2)c1. The average molecular weight is 541 g/mol. The summed E-state index contributed by atoms with van der Waals surface area (Å²) in [6.45, 7) is 1.76. The zero-order valence-corrected chi connectivity index (χ0v) is 22.3. The second-order valence-corrected chi connectivity index (χ2v) is 10.5. The average Bonchev–Trinajstić information content (AvgIpc) is 3.39. The molecule has 0 unspecified atom stereocenters. The maximum absolute atomic E-state index is 12.5. The van der Waals surface area contributed by atoms with E-state index in [-0.39, 0.29) is 43.8 Å². The van der Waals surface area contributed by atoms with Gasteiger partial charge in [0.25, 0.3) is 0 Å². The smallest absolute Gasteiger partial charge is 0.303 e. The number of carboxylic acid groups (broad SMARTS) is 1. The summed E-state index contributed by atoms with van der Waals surface area (Å²) < 4.78 is 12.9. The van der Waals surface area contributed by atoms with Gasteiger partial charge in [0.05, 0.1) is 25.4 Å². The molecule has 0 bridgehead atoms. The summed E-state index contributed by atoms with van der Waals surface area (Å²) in [7, 11) is 0. The van der Waals surface area contributed by atoms with Crippen molar-refractivity contribution in [2.24, 2.45) is 0 Å². The Balaban J connectivity index is 1.43. The molecule has 0 spiro atoms. The molecule has 9 nitrogen and oxygen atoms in total. The molecule has 4 rings (SSSR count). The highest BCUT2D eigenvalue weighted by atomic mass is 16.7. The number of carbonyl (C=O) groups excluding carboxylic acids is 1. The quantitative estimate of drug-likeness (QED) is 0.279. The number of aliphatic hydroxyl groups is 2. The second kappa shape index (κ2) is 14.5. The molecule has 2 aliphatic heterocycles. The van der Waals surface area contributed by atoms with Crippen molar-refractivity contribution in [3.63, 3.8) is 0 Å². The highest BCUT2D eigenvalue weighted by Crippen LogP contribution is 2.39. The van der Waals surface area contributed by atoms with Crippen LogP contribution in [0.4, 0.5) is 5.69 Å². The summed E-state index contributed by atoms with van der Waals surface area (Å²) in [5.74, 6) is -0.930. The fourth-order valence-electron chi connectivity index (χ4n) is 5.36. The molecular formula is C30H40N2O7. The summed E-state index contributed by atoms with van der Waals surface area (Å²) >= 11 is 0. The van der Waals surface area contributed by atoms with Crippen LogP contribution in [0.15, 0.2) is 48.5 Å². The van der Waals surface area contributed by atoms with E-state index in [2.05, 4.69) is 10.2 Å². The lowest BCUT2D eigenvalue weighted by Crippen LogP contribution is -2.42. The molecule has 2 aromatic carbocycles. The number of carboxylic acids is 1. The summed E-state index contributed by atoms with van der Waals surface area (Å²) in [5, 5.41) is 30.9. The number of amides is 1. The summed E-state index contributed by atoms with van der Waals surface area (Å²) in [4.78, 5) is 25.4. The van der Waals surface area contributed by atoms with Crippen LogP contribution in [0, 0.1) is 0 Å². The van der Waals surface area contributed by atoms with Gasteiger partial charge >= 0.3 is 5.97 Å². The number of benzene rings is 2. The number of rotatable bonds is 13. The number of anilines is 1. The molecule has 9 heteroatoms. The van der Waals surface area contributed by atoms with E-state index >= 15 is 0 Å². The topological polar surface area (TPSA) is 129 Å². The van der Waals surface area contributed by atoms with Crippen molar-refractivity contribution in [2.45, 2.75) is 82.5 Å². The van der Waals surface area contributed by atoms with Gasteiger partial charge in [-0.2, -0.15) is 0 Å². The fourth-order valence-corrected chi connectivity index (χ4v) is 5.36. The minimum Gasteiger partial charge on any atom is -0.481 e. The maximum atomic E-state index is 12.5. The molecular weight excluding hydrogens is 500 g/mol. The van der Waals surface area contributed by atoms with Crippen LogP contribution in [0.3, 0.4) is 0 Å². The van der Waals surface area contributed by atoms with Crippen LogP contribution in [0.5, 0.6) is 0 Å². The molecule has 0 saturated carbocycles. The Hall–Kier alpha value is -2.82. The Morgan fingerprint density at radius 2 is 1.77 bits per heavy atom. The van der Waals surface area contributed by atoms with E-state index in [1.165, 1.54) is 0 Å². The highest BCUT2D eigenvalue weighted by Gasteiger charge is 2.35. The van der Waals surface area contributed by atoms with Gasteiger partial charge < -0.3 is 30.1 Å². The van der Waals surface area contributed by atoms with E-state index in [1.807, 2.05) is 48.5 Å². The first-order valence-corrected chi connectivity index (χ1v) is 13.9. The number of hydrogen-bond acceptors (Lipinski definition) is 7. The molecule has 2 heterocycles. The lowest BCUT2D eigenvalue weighted by atomic mass is 9.99. The van der Waals surface area contributed by atoms with Crippen LogP contribution < -0.4 is 5.32 Å². The number of nitrogens with one attached hydrogen (secondary N) is 1. The predicted molar refractivity (Wildman–Crippen MR) is 146 cm³/mol. The van der Waals surface area contributed by atoms with Gasteiger partial charge in [-0.25, -0.2) is 0 Å². The van der Waals surface area contributed by atoms with Crippen LogP contribution >= 0.6 is 0 Å². The minimum absolute atomic E-state index is 0.0154. The third kappa shape index (κ3) is 8.58. The number of likely N-dealkylation sites (tertiary alicyclic amines) is 1. The van der Waals surface area contributed by atoms with E-state index in [0.29, 0.717) is 44.3 Å². The Kier molecular flexibility index (Phi) is 10.9. The number of hydrogen-bond donors (Lipinski definition) is 4. The molecule has 0 aliphatic carbocycles. The van der Waals surface area contributed by atoms with Crippen LogP contribution in [0.1, 0.15) is 80.5 Å². The van der Waals surface area contributed by atoms with E-state index in [0.717, 1.165) is 36.1 Å². The van der Waals surface area contributed by atoms with Gasteiger partial charge in [0.2, 0.25) is 5.91 Å². The molecule has 2 aromatic rings. The molecule has 212 valence electrons. The predicted octanol–water partition coefficient (Wildman–Crippen LogP) is 4.15. The summed E-state index contributed by atoms with van der Waals surface area (Å²) in [6, 6.07) is 15.4. The van der Waals surface area contributed by atoms with Crippen molar-refractivity contribution in [3.8, 4) is 0 Å². The third-order valence-electron chi connectivity index (χ3n) is 7.50. The molecule has 39 heavy (non-hydrogen) atoms. The first kappa shape index (κ1) is 29.2. The van der Waals surface area contributed by atoms with E-state index < -0.39 is 12.3 Å². The van der Waals surface area contributed by atoms with Crippen molar-refractivity contribution >= 4 is 17.6 Å². The Morgan fingerprint density at radius 1 is 0.974 bits per heavy atom. The van der Waals surface area contributed by atoms with E-state index in [4.69, 9.17) is 14.6 Å². The Bertz CT molecular complexity index is 1080. The van der Waals surface area contributed by atoms with Crippen molar-refractivity contribution in [2.75, 3.05) is 25.0 Å². The van der Waals surface area contributed by atoms with Crippen LogP contribution in [0.25, 0.3) is 0 Å². The Labute approximate surface area is 229 Å². The normalized spacial score (nSPS) is 23.5. The number of aliphatic carboxylic acids is 1. The van der Waals surface area contributed by atoms with Gasteiger partial charge in [0.15, 0.2) is 6.29 Å². The van der Waals surface area contributed by atoms with Crippen LogP contribution in [0.2, 0.25) is 0 Å². The number of aliphatic hydroxyl groups excluding tert-OH is 2. The third-order valence-corrected chi connectivity index (χ3v) is 7.50. The molecule has 4 N–H and O–H groups in total. The van der Waals surface area contributed by atoms with E-state index in [1.54, 1.807) is 0 Å². The maximum Gasteiger partial charge on any atom is 0.303 e. The molecule has 2 aliphatic rings. The van der Waals surface area contributed by atoms with Crippen molar-refractivity contribution in [1.82, 2.24) is 4.90 Å². The van der Waals surface area contributed by atoms with Crippen molar-refractivity contribution < 1.29 is 34.4 Å².